The highest BCUT2D eigenvalue weighted by Crippen LogP contribution is 2.23. The second kappa shape index (κ2) is 18.5. The Morgan fingerprint density at radius 1 is 0.528 bits per heavy atom. The number of fused-ring (bicyclic) bond motifs is 1. The van der Waals surface area contributed by atoms with E-state index < -0.39 is 11.9 Å². The maximum atomic E-state index is 11.4. The molecule has 0 aromatic heterocycles. The summed E-state index contributed by atoms with van der Waals surface area (Å²) in [6.07, 6.45) is 0. The number of esters is 2. The van der Waals surface area contributed by atoms with Gasteiger partial charge in [0.2, 0.25) is 0 Å². The van der Waals surface area contributed by atoms with Gasteiger partial charge in [-0.15, -0.1) is 0 Å². The van der Waals surface area contributed by atoms with Crippen LogP contribution in [0.5, 0.6) is 17.2 Å². The Labute approximate surface area is 310 Å². The zero-order chi connectivity index (χ0) is 37.6. The van der Waals surface area contributed by atoms with E-state index in [1.807, 2.05) is 79.7 Å². The Morgan fingerprint density at radius 2 is 0.981 bits per heavy atom. The van der Waals surface area contributed by atoms with E-state index >= 15 is 0 Å². The molecule has 0 amide bonds. The first-order valence-corrected chi connectivity index (χ1v) is 17.0. The summed E-state index contributed by atoms with van der Waals surface area (Å²) in [4.78, 5) is 22.9. The molecule has 266 valence electrons. The fourth-order valence-electron chi connectivity index (χ4n) is 4.90. The Bertz CT molecular complexity index is 2240. The molecule has 0 radical (unpaired) electrons. The van der Waals surface area contributed by atoms with Crippen molar-refractivity contribution in [2.75, 3.05) is 26.4 Å². The second-order valence-corrected chi connectivity index (χ2v) is 12.2. The molecular weight excluding hydrogens is 664 g/mol. The van der Waals surface area contributed by atoms with E-state index in [2.05, 4.69) is 67.2 Å². The molecule has 0 aliphatic rings. The van der Waals surface area contributed by atoms with E-state index in [-0.39, 0.29) is 26.4 Å². The van der Waals surface area contributed by atoms with E-state index in [9.17, 15) is 9.59 Å². The van der Waals surface area contributed by atoms with Gasteiger partial charge < -0.3 is 23.7 Å². The summed E-state index contributed by atoms with van der Waals surface area (Å²) in [5.74, 6) is 14.2. The van der Waals surface area contributed by atoms with Crippen LogP contribution < -0.4 is 14.2 Å². The van der Waals surface area contributed by atoms with Gasteiger partial charge in [0.05, 0.1) is 0 Å². The number of aryl methyl sites for hydroxylation is 1. The van der Waals surface area contributed by atoms with Crippen molar-refractivity contribution < 1.29 is 33.3 Å². The van der Waals surface area contributed by atoms with Crippen LogP contribution in [0.4, 0.5) is 0 Å². The molecule has 0 saturated heterocycles. The minimum absolute atomic E-state index is 0.157. The lowest BCUT2D eigenvalue weighted by Crippen LogP contribution is -2.12. The van der Waals surface area contributed by atoms with E-state index in [1.54, 1.807) is 13.8 Å². The van der Waals surface area contributed by atoms with Crippen LogP contribution in [0.1, 0.15) is 47.2 Å². The average Bonchev–Trinajstić information content (AvgIpc) is 3.16. The van der Waals surface area contributed by atoms with Gasteiger partial charge in [-0.05, 0) is 128 Å². The molecule has 0 atom stereocenters. The maximum absolute atomic E-state index is 11.4. The van der Waals surface area contributed by atoms with Crippen LogP contribution >= 0.6 is 0 Å². The molecule has 0 unspecified atom stereocenters. The van der Waals surface area contributed by atoms with Crippen LogP contribution in [0, 0.1) is 30.6 Å². The fourth-order valence-corrected chi connectivity index (χ4v) is 4.90. The molecule has 0 spiro atoms. The summed E-state index contributed by atoms with van der Waals surface area (Å²) in [5.41, 5.74) is 6.32. The summed E-state index contributed by atoms with van der Waals surface area (Å²) < 4.78 is 27.5. The molecule has 5 aromatic rings. The van der Waals surface area contributed by atoms with Crippen molar-refractivity contribution in [1.29, 1.82) is 0 Å². The molecule has 0 N–H and O–H groups in total. The number of carbonyl (C=O) groups is 2. The first kappa shape index (κ1) is 37.6. The summed E-state index contributed by atoms with van der Waals surface area (Å²) in [6, 6.07) is 33.3. The Hall–Kier alpha value is -6.70. The van der Waals surface area contributed by atoms with E-state index in [4.69, 9.17) is 23.7 Å². The minimum atomic E-state index is -0.426. The summed E-state index contributed by atoms with van der Waals surface area (Å²) in [7, 11) is 0. The van der Waals surface area contributed by atoms with Gasteiger partial charge in [-0.3, -0.25) is 0 Å². The fraction of sp³-hybridized carbons (Fsp3) is 0.174. The summed E-state index contributed by atoms with van der Waals surface area (Å²) in [6.45, 7) is 13.6. The predicted molar refractivity (Wildman–Crippen MR) is 207 cm³/mol. The number of benzene rings is 5. The third-order valence-electron chi connectivity index (χ3n) is 7.75. The number of hydrogen-bond acceptors (Lipinski definition) is 7. The van der Waals surface area contributed by atoms with E-state index in [0.29, 0.717) is 29.3 Å². The Balaban J connectivity index is 1.10. The molecule has 0 fully saturated rings. The SMILES string of the molecule is C=C(C)C(=O)OCCOc1ccc(C#Cc2ccc(OCc3ccc4cc(C#Cc5ccc(OCCOC(=O)C(=C)C)cc5)ccc4c3)c(C)c2)cc1. The first-order chi connectivity index (χ1) is 25.6. The van der Waals surface area contributed by atoms with Crippen LogP contribution in [0.15, 0.2) is 127 Å². The lowest BCUT2D eigenvalue weighted by atomic mass is 10.0. The lowest BCUT2D eigenvalue weighted by Gasteiger charge is -2.10. The van der Waals surface area contributed by atoms with Gasteiger partial charge in [-0.2, -0.15) is 0 Å². The quantitative estimate of drug-likeness (QED) is 0.0526. The number of rotatable bonds is 13. The summed E-state index contributed by atoms with van der Waals surface area (Å²) >= 11 is 0. The highest BCUT2D eigenvalue weighted by atomic mass is 16.6. The second-order valence-electron chi connectivity index (χ2n) is 12.2. The molecule has 53 heavy (non-hydrogen) atoms. The summed E-state index contributed by atoms with van der Waals surface area (Å²) in [5, 5.41) is 2.21. The van der Waals surface area contributed by atoms with Gasteiger partial charge in [0, 0.05) is 33.4 Å². The molecule has 7 heteroatoms. The van der Waals surface area contributed by atoms with Gasteiger partial charge >= 0.3 is 11.9 Å². The van der Waals surface area contributed by atoms with Crippen LogP contribution in [-0.4, -0.2) is 38.4 Å². The zero-order valence-corrected chi connectivity index (χ0v) is 30.1. The van der Waals surface area contributed by atoms with Gasteiger partial charge in [-0.25, -0.2) is 9.59 Å². The normalized spacial score (nSPS) is 10.2. The van der Waals surface area contributed by atoms with Crippen LogP contribution in [-0.2, 0) is 25.7 Å². The molecule has 0 saturated carbocycles. The number of ether oxygens (including phenoxy) is 5. The smallest absolute Gasteiger partial charge is 0.333 e. The highest BCUT2D eigenvalue weighted by molar-refractivity contribution is 5.87. The van der Waals surface area contributed by atoms with Crippen molar-refractivity contribution >= 4 is 22.7 Å². The third-order valence-corrected chi connectivity index (χ3v) is 7.75. The van der Waals surface area contributed by atoms with E-state index in [1.165, 1.54) is 0 Å². The Morgan fingerprint density at radius 3 is 1.51 bits per heavy atom. The van der Waals surface area contributed by atoms with Crippen LogP contribution in [0.25, 0.3) is 10.8 Å². The first-order valence-electron chi connectivity index (χ1n) is 17.0. The minimum Gasteiger partial charge on any atom is -0.490 e. The van der Waals surface area contributed by atoms with E-state index in [0.717, 1.165) is 49.9 Å². The average molecular weight is 705 g/mol. The van der Waals surface area contributed by atoms with Crippen molar-refractivity contribution in [2.45, 2.75) is 27.4 Å². The topological polar surface area (TPSA) is 80.3 Å². The highest BCUT2D eigenvalue weighted by Gasteiger charge is 2.06. The predicted octanol–water partition coefficient (Wildman–Crippen LogP) is 8.52. The molecule has 0 aliphatic heterocycles. The van der Waals surface area contributed by atoms with Gasteiger partial charge in [-0.1, -0.05) is 55.0 Å². The van der Waals surface area contributed by atoms with Crippen molar-refractivity contribution in [2.24, 2.45) is 0 Å². The number of hydrogen-bond donors (Lipinski definition) is 0. The lowest BCUT2D eigenvalue weighted by molar-refractivity contribution is -0.140. The molecule has 0 bridgehead atoms. The van der Waals surface area contributed by atoms with Crippen molar-refractivity contribution in [3.8, 4) is 40.9 Å². The molecule has 5 rings (SSSR count). The van der Waals surface area contributed by atoms with Gasteiger partial charge in [0.25, 0.3) is 0 Å². The molecule has 0 aliphatic carbocycles. The number of carbonyl (C=O) groups excluding carboxylic acids is 2. The zero-order valence-electron chi connectivity index (χ0n) is 30.1. The van der Waals surface area contributed by atoms with Crippen LogP contribution in [0.2, 0.25) is 0 Å². The molecular formula is C46H40O7. The van der Waals surface area contributed by atoms with Gasteiger partial charge in [0.15, 0.2) is 0 Å². The molecule has 0 heterocycles. The standard InChI is InChI=1S/C46H40O7/c1-32(2)45(47)51-26-24-49-42-19-12-35(13-20-42)6-8-37-16-23-44(34(5)28-37)53-31-39-11-18-40-29-38(10-17-41(40)30-39)9-7-36-14-21-43(22-15-36)50-25-27-52-46(48)33(3)4/h10-23,28-30H,1,3,24-27,31H2,2,4-5H3. The third kappa shape index (κ3) is 11.7. The Kier molecular flexibility index (Phi) is 13.1. The monoisotopic (exact) mass is 704 g/mol. The van der Waals surface area contributed by atoms with Gasteiger partial charge in [0.1, 0.15) is 50.3 Å². The van der Waals surface area contributed by atoms with Crippen LogP contribution in [0.3, 0.4) is 0 Å². The molecule has 5 aromatic carbocycles. The largest absolute Gasteiger partial charge is 0.490 e. The molecule has 7 nitrogen and oxygen atoms in total. The van der Waals surface area contributed by atoms with Crippen molar-refractivity contribution in [3.05, 3.63) is 161 Å². The van der Waals surface area contributed by atoms with Crippen molar-refractivity contribution in [1.82, 2.24) is 0 Å². The van der Waals surface area contributed by atoms with Crippen molar-refractivity contribution in [3.63, 3.8) is 0 Å². The maximum Gasteiger partial charge on any atom is 0.333 e.